The fraction of sp³-hybridized carbons (Fsp3) is 0.647. The normalized spacial score (nSPS) is 14.4. The largest absolute Gasteiger partial charge is 0.372 e. The van der Waals surface area contributed by atoms with E-state index in [0.717, 1.165) is 0 Å². The van der Waals surface area contributed by atoms with Crippen molar-refractivity contribution in [3.05, 3.63) is 0 Å². The van der Waals surface area contributed by atoms with E-state index in [-0.39, 0.29) is 31.3 Å². The molecule has 10 heteroatoms. The average molecular weight is 386 g/mol. The fourth-order valence-electron chi connectivity index (χ4n) is 2.92. The second kappa shape index (κ2) is 11.3. The fourth-order valence-corrected chi connectivity index (χ4v) is 2.92. The second-order valence-electron chi connectivity index (χ2n) is 7.22. The third-order valence-corrected chi connectivity index (χ3v) is 4.14. The predicted octanol–water partition coefficient (Wildman–Crippen LogP) is -0.189. The van der Waals surface area contributed by atoms with Crippen LogP contribution in [0.2, 0.25) is 0 Å². The number of hydrogen-bond donors (Lipinski definition) is 2. The Labute approximate surface area is 156 Å². The molecule has 0 fully saturated rings. The zero-order valence-electron chi connectivity index (χ0n) is 15.6. The highest BCUT2D eigenvalue weighted by Gasteiger charge is 2.33. The molecule has 0 spiro atoms. The van der Waals surface area contributed by atoms with Gasteiger partial charge in [0.2, 0.25) is 0 Å². The van der Waals surface area contributed by atoms with Crippen LogP contribution in [-0.4, -0.2) is 36.1 Å². The van der Waals surface area contributed by atoms with Crippen molar-refractivity contribution < 1.29 is 38.4 Å². The first-order valence-electron chi connectivity index (χ1n) is 8.30. The molecule has 4 N–H and O–H groups in total. The minimum Gasteiger partial charge on any atom is -0.372 e. The zero-order chi connectivity index (χ0) is 21.2. The first-order chi connectivity index (χ1) is 12.5. The van der Waals surface area contributed by atoms with Gasteiger partial charge >= 0.3 is 11.9 Å². The lowest BCUT2D eigenvalue weighted by Gasteiger charge is -2.28. The van der Waals surface area contributed by atoms with Gasteiger partial charge in [-0.2, -0.15) is 11.8 Å². The molecule has 3 unspecified atom stereocenters. The van der Waals surface area contributed by atoms with Crippen LogP contribution < -0.4 is 11.8 Å². The summed E-state index contributed by atoms with van der Waals surface area (Å²) >= 11 is 0. The Morgan fingerprint density at radius 3 is 1.78 bits per heavy atom. The van der Waals surface area contributed by atoms with Crippen LogP contribution in [-0.2, 0) is 38.4 Å². The monoisotopic (exact) mass is 386 g/mol. The summed E-state index contributed by atoms with van der Waals surface area (Å²) in [5.74, 6) is 2.78. The maximum atomic E-state index is 12.1. The third-order valence-electron chi connectivity index (χ3n) is 4.14. The number of Topliss-reactive ketones (excluding diaryl/α,β-unsaturated/α-hetero) is 2. The van der Waals surface area contributed by atoms with Gasteiger partial charge in [0, 0.05) is 12.8 Å². The molecule has 0 aromatic heterocycles. The molecule has 0 heterocycles. The van der Waals surface area contributed by atoms with E-state index in [0.29, 0.717) is 12.8 Å². The summed E-state index contributed by atoms with van der Waals surface area (Å²) in [5, 5.41) is 0. The molecule has 0 aliphatic heterocycles. The van der Waals surface area contributed by atoms with Gasteiger partial charge in [0.1, 0.15) is 12.6 Å². The Morgan fingerprint density at radius 1 is 0.926 bits per heavy atom. The maximum absolute atomic E-state index is 12.1. The zero-order valence-corrected chi connectivity index (χ0v) is 15.6. The molecular weight excluding hydrogens is 360 g/mol. The van der Waals surface area contributed by atoms with Gasteiger partial charge in [-0.15, -0.1) is 0 Å². The summed E-state index contributed by atoms with van der Waals surface area (Å²) < 4.78 is 0. The number of ketones is 2. The smallest absolute Gasteiger partial charge is 0.342 e. The molecular formula is C17H26N2O8. The third kappa shape index (κ3) is 8.18. The highest BCUT2D eigenvalue weighted by atomic mass is 16.7. The van der Waals surface area contributed by atoms with Gasteiger partial charge in [-0.25, -0.2) is 9.59 Å². The summed E-state index contributed by atoms with van der Waals surface area (Å²) in [5.41, 5.74) is -0.573. The van der Waals surface area contributed by atoms with E-state index >= 15 is 0 Å². The van der Waals surface area contributed by atoms with Crippen LogP contribution in [0.5, 0.6) is 0 Å². The second-order valence-corrected chi connectivity index (χ2v) is 7.22. The Kier molecular flexibility index (Phi) is 10.3. The summed E-state index contributed by atoms with van der Waals surface area (Å²) in [6, 6.07) is 0. The van der Waals surface area contributed by atoms with Crippen LogP contribution in [0, 0.1) is 23.2 Å². The van der Waals surface area contributed by atoms with Crippen LogP contribution in [0.3, 0.4) is 0 Å². The van der Waals surface area contributed by atoms with Gasteiger partial charge in [0.25, 0.3) is 0 Å². The molecule has 0 amide bonds. The molecule has 0 bridgehead atoms. The van der Waals surface area contributed by atoms with Gasteiger partial charge in [-0.3, -0.25) is 9.59 Å². The molecule has 0 aliphatic carbocycles. The SMILES string of the molecule is CC(CCC(=O)C(C=O)C(=O)ON)CC(C)(C)CC(=O)C(C=O)C(=O)ON. The van der Waals surface area contributed by atoms with E-state index in [2.05, 4.69) is 15.6 Å². The van der Waals surface area contributed by atoms with Gasteiger partial charge < -0.3 is 19.3 Å². The molecule has 152 valence electrons. The van der Waals surface area contributed by atoms with Crippen LogP contribution in [0.1, 0.15) is 46.5 Å². The maximum Gasteiger partial charge on any atom is 0.342 e. The predicted molar refractivity (Wildman–Crippen MR) is 91.1 cm³/mol. The Morgan fingerprint density at radius 2 is 1.37 bits per heavy atom. The lowest BCUT2D eigenvalue weighted by atomic mass is 9.76. The average Bonchev–Trinajstić information content (AvgIpc) is 2.59. The van der Waals surface area contributed by atoms with Crippen molar-refractivity contribution in [2.75, 3.05) is 0 Å². The van der Waals surface area contributed by atoms with Crippen molar-refractivity contribution in [1.29, 1.82) is 0 Å². The summed E-state index contributed by atoms with van der Waals surface area (Å²) in [6.07, 6.45) is 1.11. The van der Waals surface area contributed by atoms with Gasteiger partial charge in [-0.1, -0.05) is 20.8 Å². The van der Waals surface area contributed by atoms with Crippen LogP contribution in [0.15, 0.2) is 0 Å². The van der Waals surface area contributed by atoms with Crippen molar-refractivity contribution in [1.82, 2.24) is 0 Å². The minimum atomic E-state index is -1.57. The first kappa shape index (κ1) is 24.5. The molecule has 0 aromatic rings. The topological polar surface area (TPSA) is 173 Å². The van der Waals surface area contributed by atoms with Crippen molar-refractivity contribution >= 4 is 36.1 Å². The highest BCUT2D eigenvalue weighted by Crippen LogP contribution is 2.32. The molecule has 0 radical (unpaired) electrons. The van der Waals surface area contributed by atoms with Crippen LogP contribution >= 0.6 is 0 Å². The lowest BCUT2D eigenvalue weighted by Crippen LogP contribution is -2.33. The minimum absolute atomic E-state index is 0.0415. The molecule has 10 nitrogen and oxygen atoms in total. The molecule has 0 saturated carbocycles. The number of aldehydes is 2. The summed E-state index contributed by atoms with van der Waals surface area (Å²) in [7, 11) is 0. The lowest BCUT2D eigenvalue weighted by molar-refractivity contribution is -0.156. The van der Waals surface area contributed by atoms with E-state index < -0.39 is 40.8 Å². The molecule has 27 heavy (non-hydrogen) atoms. The molecule has 0 rings (SSSR count). The van der Waals surface area contributed by atoms with Crippen LogP contribution in [0.4, 0.5) is 0 Å². The Balaban J connectivity index is 4.72. The quantitative estimate of drug-likeness (QED) is 0.245. The molecule has 3 atom stereocenters. The highest BCUT2D eigenvalue weighted by molar-refractivity contribution is 6.11. The number of nitrogens with two attached hydrogens (primary N) is 2. The van der Waals surface area contributed by atoms with Crippen LogP contribution in [0.25, 0.3) is 0 Å². The Bertz CT molecular complexity index is 587. The van der Waals surface area contributed by atoms with E-state index in [1.165, 1.54) is 0 Å². The van der Waals surface area contributed by atoms with E-state index in [9.17, 15) is 28.8 Å². The standard InChI is InChI=1S/C17H26N2O8/c1-10(4-5-13(22)11(8-20)15(24)26-18)6-17(2,3)7-14(23)12(9-21)16(25)27-19/h8-12H,4-7,18-19H2,1-3H3. The number of rotatable bonds is 13. The summed E-state index contributed by atoms with van der Waals surface area (Å²) in [4.78, 5) is 76.2. The van der Waals surface area contributed by atoms with Gasteiger partial charge in [0.15, 0.2) is 23.4 Å². The number of carbonyl (C=O) groups is 6. The molecule has 0 aromatic carbocycles. The van der Waals surface area contributed by atoms with E-state index in [1.807, 2.05) is 6.92 Å². The van der Waals surface area contributed by atoms with Crippen molar-refractivity contribution in [2.45, 2.75) is 46.5 Å². The molecule has 0 aliphatic rings. The van der Waals surface area contributed by atoms with Crippen molar-refractivity contribution in [3.8, 4) is 0 Å². The number of carbonyl (C=O) groups excluding carboxylic acids is 6. The summed E-state index contributed by atoms with van der Waals surface area (Å²) in [6.45, 7) is 5.39. The van der Waals surface area contributed by atoms with Crippen molar-refractivity contribution in [3.63, 3.8) is 0 Å². The van der Waals surface area contributed by atoms with Gasteiger partial charge in [-0.05, 0) is 24.2 Å². The van der Waals surface area contributed by atoms with E-state index in [1.54, 1.807) is 13.8 Å². The first-order valence-corrected chi connectivity index (χ1v) is 8.30. The van der Waals surface area contributed by atoms with Crippen molar-refractivity contribution in [2.24, 2.45) is 35.0 Å². The van der Waals surface area contributed by atoms with E-state index in [4.69, 9.17) is 5.90 Å². The molecule has 0 saturated heterocycles. The van der Waals surface area contributed by atoms with Gasteiger partial charge in [0.05, 0.1) is 0 Å². The Hall–Kier alpha value is -2.46. The number of hydrogen-bond acceptors (Lipinski definition) is 10.